The van der Waals surface area contributed by atoms with Gasteiger partial charge in [-0.1, -0.05) is 41.9 Å². The number of benzene rings is 2. The third-order valence-corrected chi connectivity index (χ3v) is 5.60. The maximum absolute atomic E-state index is 12.6. The zero-order valence-electron chi connectivity index (χ0n) is 16.7. The van der Waals surface area contributed by atoms with E-state index in [-0.39, 0.29) is 11.8 Å². The minimum absolute atomic E-state index is 0.0249. The third-order valence-electron chi connectivity index (χ3n) is 5.23. The molecule has 2 aromatic carbocycles. The van der Waals surface area contributed by atoms with Crippen LogP contribution in [0.2, 0.25) is 5.02 Å². The molecule has 0 spiro atoms. The number of amides is 1. The van der Waals surface area contributed by atoms with Crippen molar-refractivity contribution in [3.05, 3.63) is 64.2 Å². The maximum atomic E-state index is 12.6. The lowest BCUT2D eigenvalue weighted by Gasteiger charge is -2.32. The number of rotatable bonds is 7. The van der Waals surface area contributed by atoms with Crippen LogP contribution in [-0.2, 0) is 11.3 Å². The molecule has 0 saturated carbocycles. The van der Waals surface area contributed by atoms with Gasteiger partial charge in [0.1, 0.15) is 12.4 Å². The smallest absolute Gasteiger partial charge is 0.224 e. The first-order chi connectivity index (χ1) is 13.5. The number of carbonyl (C=O) groups excluding carboxylic acids is 1. The summed E-state index contributed by atoms with van der Waals surface area (Å²) in [5.74, 6) is 1.03. The monoisotopic (exact) mass is 400 g/mol. The summed E-state index contributed by atoms with van der Waals surface area (Å²) < 4.78 is 5.83. The van der Waals surface area contributed by atoms with Crippen LogP contribution in [0.1, 0.15) is 29.5 Å². The Labute approximate surface area is 172 Å². The second kappa shape index (κ2) is 9.94. The number of halogens is 1. The Morgan fingerprint density at radius 1 is 1.25 bits per heavy atom. The van der Waals surface area contributed by atoms with Gasteiger partial charge < -0.3 is 10.1 Å². The first-order valence-electron chi connectivity index (χ1n) is 9.96. The van der Waals surface area contributed by atoms with Crippen molar-refractivity contribution in [2.45, 2.75) is 33.2 Å². The zero-order chi connectivity index (χ0) is 19.9. The van der Waals surface area contributed by atoms with Crippen molar-refractivity contribution in [3.8, 4) is 5.75 Å². The standard InChI is InChI=1S/C23H29ClN2O2/c1-17-9-10-18(2)22(14-17)28-13-11-25-23(27)20-7-5-12-26(16-20)15-19-6-3-4-8-21(19)24/h3-4,6,8-10,14,20H,5,7,11-13,15-16H2,1-2H3,(H,25,27)/t20-/m0/s1. The van der Waals surface area contributed by atoms with Gasteiger partial charge in [-0.05, 0) is 62.1 Å². The minimum Gasteiger partial charge on any atom is -0.491 e. The summed E-state index contributed by atoms with van der Waals surface area (Å²) in [7, 11) is 0. The van der Waals surface area contributed by atoms with Gasteiger partial charge in [0, 0.05) is 18.1 Å². The first-order valence-corrected chi connectivity index (χ1v) is 10.3. The molecule has 1 N–H and O–H groups in total. The van der Waals surface area contributed by atoms with E-state index in [0.717, 1.165) is 54.4 Å². The molecule has 0 aliphatic carbocycles. The lowest BCUT2D eigenvalue weighted by Crippen LogP contribution is -2.43. The van der Waals surface area contributed by atoms with Gasteiger partial charge in [-0.25, -0.2) is 0 Å². The Balaban J connectivity index is 1.44. The molecule has 1 saturated heterocycles. The molecule has 150 valence electrons. The van der Waals surface area contributed by atoms with E-state index in [4.69, 9.17) is 16.3 Å². The van der Waals surface area contributed by atoms with E-state index in [1.54, 1.807) is 0 Å². The summed E-state index contributed by atoms with van der Waals surface area (Å²) in [5.41, 5.74) is 3.40. The molecule has 5 heteroatoms. The van der Waals surface area contributed by atoms with Crippen LogP contribution in [-0.4, -0.2) is 37.0 Å². The Hall–Kier alpha value is -2.04. The summed E-state index contributed by atoms with van der Waals surface area (Å²) in [4.78, 5) is 14.9. The van der Waals surface area contributed by atoms with E-state index in [9.17, 15) is 4.79 Å². The Morgan fingerprint density at radius 2 is 2.07 bits per heavy atom. The molecule has 1 aliphatic heterocycles. The van der Waals surface area contributed by atoms with Crippen molar-refractivity contribution < 1.29 is 9.53 Å². The van der Waals surface area contributed by atoms with Crippen LogP contribution in [0.15, 0.2) is 42.5 Å². The molecule has 28 heavy (non-hydrogen) atoms. The van der Waals surface area contributed by atoms with Gasteiger partial charge in [0.2, 0.25) is 5.91 Å². The number of hydrogen-bond donors (Lipinski definition) is 1. The highest BCUT2D eigenvalue weighted by Gasteiger charge is 2.25. The largest absolute Gasteiger partial charge is 0.491 e. The predicted octanol–water partition coefficient (Wildman–Crippen LogP) is 4.36. The molecule has 1 heterocycles. The second-order valence-corrected chi connectivity index (χ2v) is 7.98. The number of nitrogens with zero attached hydrogens (tertiary/aromatic N) is 1. The molecule has 4 nitrogen and oxygen atoms in total. The van der Waals surface area contributed by atoms with Gasteiger partial charge in [0.15, 0.2) is 0 Å². The average Bonchev–Trinajstić information content (AvgIpc) is 2.69. The van der Waals surface area contributed by atoms with Gasteiger partial charge in [0.25, 0.3) is 0 Å². The molecule has 1 atom stereocenters. The lowest BCUT2D eigenvalue weighted by atomic mass is 9.96. The SMILES string of the molecule is Cc1ccc(C)c(OCCNC(=O)[C@H]2CCCN(Cc3ccccc3Cl)C2)c1. The van der Waals surface area contributed by atoms with Crippen LogP contribution in [0.5, 0.6) is 5.75 Å². The van der Waals surface area contributed by atoms with E-state index in [2.05, 4.69) is 28.4 Å². The molecular formula is C23H29ClN2O2. The van der Waals surface area contributed by atoms with Crippen molar-refractivity contribution in [1.29, 1.82) is 0 Å². The summed E-state index contributed by atoms with van der Waals surface area (Å²) >= 11 is 6.28. The summed E-state index contributed by atoms with van der Waals surface area (Å²) in [6, 6.07) is 14.1. The van der Waals surface area contributed by atoms with E-state index in [1.807, 2.05) is 38.1 Å². The van der Waals surface area contributed by atoms with Gasteiger partial charge in [-0.15, -0.1) is 0 Å². The molecule has 0 unspecified atom stereocenters. The predicted molar refractivity (Wildman–Crippen MR) is 114 cm³/mol. The number of aryl methyl sites for hydroxylation is 2. The lowest BCUT2D eigenvalue weighted by molar-refractivity contribution is -0.126. The van der Waals surface area contributed by atoms with Gasteiger partial charge >= 0.3 is 0 Å². The highest BCUT2D eigenvalue weighted by atomic mass is 35.5. The molecule has 0 aromatic heterocycles. The second-order valence-electron chi connectivity index (χ2n) is 7.57. The van der Waals surface area contributed by atoms with Crippen LogP contribution in [0.3, 0.4) is 0 Å². The van der Waals surface area contributed by atoms with Crippen LogP contribution < -0.4 is 10.1 Å². The first kappa shape index (κ1) is 20.7. The topological polar surface area (TPSA) is 41.6 Å². The van der Waals surface area contributed by atoms with Crippen LogP contribution >= 0.6 is 11.6 Å². The molecule has 2 aromatic rings. The zero-order valence-corrected chi connectivity index (χ0v) is 17.5. The molecule has 1 amide bonds. The van der Waals surface area contributed by atoms with E-state index in [1.165, 1.54) is 5.56 Å². The fourth-order valence-electron chi connectivity index (χ4n) is 3.62. The Kier molecular flexibility index (Phi) is 7.35. The van der Waals surface area contributed by atoms with Crippen molar-refractivity contribution in [2.24, 2.45) is 5.92 Å². The molecule has 1 aliphatic rings. The quantitative estimate of drug-likeness (QED) is 0.702. The highest BCUT2D eigenvalue weighted by Crippen LogP contribution is 2.22. The van der Waals surface area contributed by atoms with E-state index >= 15 is 0 Å². The number of piperidine rings is 1. The number of carbonyl (C=O) groups is 1. The van der Waals surface area contributed by atoms with Gasteiger partial charge in [-0.3, -0.25) is 9.69 Å². The molecule has 1 fully saturated rings. The van der Waals surface area contributed by atoms with Crippen LogP contribution in [0.25, 0.3) is 0 Å². The van der Waals surface area contributed by atoms with Crippen molar-refractivity contribution >= 4 is 17.5 Å². The minimum atomic E-state index is 0.0249. The van der Waals surface area contributed by atoms with E-state index < -0.39 is 0 Å². The van der Waals surface area contributed by atoms with E-state index in [0.29, 0.717) is 13.2 Å². The van der Waals surface area contributed by atoms with Crippen molar-refractivity contribution in [1.82, 2.24) is 10.2 Å². The summed E-state index contributed by atoms with van der Waals surface area (Å²) in [5, 5.41) is 3.83. The highest BCUT2D eigenvalue weighted by molar-refractivity contribution is 6.31. The fourth-order valence-corrected chi connectivity index (χ4v) is 3.82. The number of likely N-dealkylation sites (tertiary alicyclic amines) is 1. The average molecular weight is 401 g/mol. The number of ether oxygens (including phenoxy) is 1. The molecule has 0 bridgehead atoms. The van der Waals surface area contributed by atoms with Crippen LogP contribution in [0, 0.1) is 19.8 Å². The Morgan fingerprint density at radius 3 is 2.89 bits per heavy atom. The molecular weight excluding hydrogens is 372 g/mol. The van der Waals surface area contributed by atoms with Gasteiger partial charge in [0.05, 0.1) is 12.5 Å². The fraction of sp³-hybridized carbons (Fsp3) is 0.435. The number of hydrogen-bond acceptors (Lipinski definition) is 3. The van der Waals surface area contributed by atoms with Gasteiger partial charge in [-0.2, -0.15) is 0 Å². The summed E-state index contributed by atoms with van der Waals surface area (Å²) in [6.07, 6.45) is 1.96. The Bertz CT molecular complexity index is 809. The molecule has 3 rings (SSSR count). The van der Waals surface area contributed by atoms with Crippen molar-refractivity contribution in [2.75, 3.05) is 26.2 Å². The third kappa shape index (κ3) is 5.73. The molecule has 0 radical (unpaired) electrons. The number of nitrogens with one attached hydrogen (secondary N) is 1. The normalized spacial score (nSPS) is 17.3. The van der Waals surface area contributed by atoms with Crippen molar-refractivity contribution in [3.63, 3.8) is 0 Å². The summed E-state index contributed by atoms with van der Waals surface area (Å²) in [6.45, 7) is 7.65. The van der Waals surface area contributed by atoms with Crippen LogP contribution in [0.4, 0.5) is 0 Å². The maximum Gasteiger partial charge on any atom is 0.224 e.